The lowest BCUT2D eigenvalue weighted by Gasteiger charge is -2.22. The number of hydrogen-bond donors (Lipinski definition) is 0. The molecule has 1 heterocycles. The molecule has 1 rings (SSSR count). The van der Waals surface area contributed by atoms with E-state index in [1.54, 1.807) is 18.2 Å². The Morgan fingerprint density at radius 2 is 1.94 bits per heavy atom. The Bertz CT molecular complexity index is 463. The summed E-state index contributed by atoms with van der Waals surface area (Å²) < 4.78 is 27.1. The highest BCUT2D eigenvalue weighted by atomic mass is 31.2. The van der Waals surface area contributed by atoms with Gasteiger partial charge in [0.15, 0.2) is 5.92 Å². The molecule has 1 atom stereocenters. The Morgan fingerprint density at radius 1 is 1.35 bits per heavy atom. The molecule has 0 N–H and O–H groups in total. The van der Waals surface area contributed by atoms with E-state index >= 15 is 0 Å². The molecule has 0 aromatic carbocycles. The van der Waals surface area contributed by atoms with E-state index < -0.39 is 19.2 Å². The summed E-state index contributed by atoms with van der Waals surface area (Å²) in [5.74, 6) is -0.947. The van der Waals surface area contributed by atoms with E-state index in [2.05, 4.69) is 0 Å². The fraction of sp³-hybridized carbons (Fsp3) is 0.400. The molecule has 0 radical (unpaired) electrons. The Hall–Kier alpha value is -1.59. The molecule has 0 aliphatic heterocycles. The number of hydrogen-bond acceptors (Lipinski definition) is 6. The molecule has 0 saturated heterocycles. The Morgan fingerprint density at radius 3 is 2.29 bits per heavy atom. The Kier molecular flexibility index (Phi) is 4.48. The predicted molar refractivity (Wildman–Crippen MR) is 57.8 cm³/mol. The van der Waals surface area contributed by atoms with Crippen molar-refractivity contribution in [1.29, 1.82) is 10.5 Å². The summed E-state index contributed by atoms with van der Waals surface area (Å²) in [6.07, 6.45) is 1.36. The summed E-state index contributed by atoms with van der Waals surface area (Å²) in [5, 5.41) is 17.8. The molecule has 0 spiro atoms. The highest BCUT2D eigenvalue weighted by Gasteiger charge is 2.43. The number of furan rings is 1. The summed E-state index contributed by atoms with van der Waals surface area (Å²) in [4.78, 5) is 0. The number of nitriles is 2. The molecule has 1 unspecified atom stereocenters. The van der Waals surface area contributed by atoms with Gasteiger partial charge in [0.1, 0.15) is 11.4 Å². The second-order valence-electron chi connectivity index (χ2n) is 3.10. The van der Waals surface area contributed by atoms with E-state index in [9.17, 15) is 4.57 Å². The third-order valence-electron chi connectivity index (χ3n) is 2.28. The molecule has 6 nitrogen and oxygen atoms in total. The van der Waals surface area contributed by atoms with E-state index in [1.807, 2.05) is 0 Å². The van der Waals surface area contributed by atoms with Crippen LogP contribution in [0.5, 0.6) is 0 Å². The monoisotopic (exact) mass is 254 g/mol. The van der Waals surface area contributed by atoms with Crippen LogP contribution in [0, 0.1) is 28.6 Å². The smallest absolute Gasteiger partial charge is 0.343 e. The molecule has 0 saturated carbocycles. The Balaban J connectivity index is 3.27. The quantitative estimate of drug-likeness (QED) is 0.749. The molecule has 0 bridgehead atoms. The van der Waals surface area contributed by atoms with Crippen LogP contribution < -0.4 is 0 Å². The fourth-order valence-electron chi connectivity index (χ4n) is 1.43. The largest absolute Gasteiger partial charge is 0.468 e. The number of nitrogens with zero attached hydrogens (tertiary/aromatic N) is 2. The van der Waals surface area contributed by atoms with Crippen molar-refractivity contribution in [1.82, 2.24) is 0 Å². The molecule has 0 aliphatic carbocycles. The van der Waals surface area contributed by atoms with Crippen molar-refractivity contribution >= 4 is 7.60 Å². The van der Waals surface area contributed by atoms with Gasteiger partial charge in [-0.3, -0.25) is 4.57 Å². The lowest BCUT2D eigenvalue weighted by Crippen LogP contribution is -2.12. The van der Waals surface area contributed by atoms with Crippen LogP contribution in [0.15, 0.2) is 22.8 Å². The van der Waals surface area contributed by atoms with Crippen LogP contribution in [-0.4, -0.2) is 14.2 Å². The van der Waals surface area contributed by atoms with E-state index in [4.69, 9.17) is 24.0 Å². The first kappa shape index (κ1) is 13.5. The van der Waals surface area contributed by atoms with E-state index in [0.717, 1.165) is 0 Å². The van der Waals surface area contributed by atoms with Gasteiger partial charge >= 0.3 is 7.60 Å². The minimum atomic E-state index is -3.61. The van der Waals surface area contributed by atoms with Crippen molar-refractivity contribution in [2.45, 2.75) is 5.66 Å². The van der Waals surface area contributed by atoms with Gasteiger partial charge in [-0.05, 0) is 12.1 Å². The molecular formula is C10H11N2O4P. The lowest BCUT2D eigenvalue weighted by molar-refractivity contribution is 0.257. The van der Waals surface area contributed by atoms with Gasteiger partial charge in [-0.15, -0.1) is 0 Å². The number of rotatable bonds is 5. The van der Waals surface area contributed by atoms with Gasteiger partial charge in [-0.1, -0.05) is 0 Å². The van der Waals surface area contributed by atoms with Crippen LogP contribution in [0.4, 0.5) is 0 Å². The highest BCUT2D eigenvalue weighted by molar-refractivity contribution is 7.54. The molecule has 90 valence electrons. The molecule has 0 fully saturated rings. The molecule has 0 aliphatic rings. The first-order valence-electron chi connectivity index (χ1n) is 4.66. The summed E-state index contributed by atoms with van der Waals surface area (Å²) in [6.45, 7) is 0. The van der Waals surface area contributed by atoms with Crippen molar-refractivity contribution < 1.29 is 18.0 Å². The van der Waals surface area contributed by atoms with Crippen LogP contribution in [-0.2, 0) is 13.6 Å². The second-order valence-corrected chi connectivity index (χ2v) is 5.47. The molecule has 1 aromatic rings. The average molecular weight is 254 g/mol. The Labute approximate surface area is 98.9 Å². The topological polar surface area (TPSA) is 96.2 Å². The minimum Gasteiger partial charge on any atom is -0.468 e. The maximum absolute atomic E-state index is 12.3. The second kappa shape index (κ2) is 5.65. The molecule has 1 aromatic heterocycles. The van der Waals surface area contributed by atoms with Crippen molar-refractivity contribution in [3.63, 3.8) is 0 Å². The van der Waals surface area contributed by atoms with Crippen molar-refractivity contribution in [3.8, 4) is 12.1 Å². The molecular weight excluding hydrogens is 243 g/mol. The van der Waals surface area contributed by atoms with Gasteiger partial charge in [0, 0.05) is 14.2 Å². The maximum atomic E-state index is 12.3. The normalized spacial score (nSPS) is 13.0. The van der Waals surface area contributed by atoms with Crippen molar-refractivity contribution in [3.05, 3.63) is 24.2 Å². The first-order valence-corrected chi connectivity index (χ1v) is 6.28. The van der Waals surface area contributed by atoms with Crippen molar-refractivity contribution in [2.75, 3.05) is 14.2 Å². The summed E-state index contributed by atoms with van der Waals surface area (Å²) in [7, 11) is -1.21. The van der Waals surface area contributed by atoms with Gasteiger partial charge in [0.05, 0.1) is 18.4 Å². The maximum Gasteiger partial charge on any atom is 0.343 e. The van der Waals surface area contributed by atoms with Crippen molar-refractivity contribution in [2.24, 2.45) is 5.92 Å². The zero-order chi connectivity index (χ0) is 12.9. The van der Waals surface area contributed by atoms with Gasteiger partial charge in [0.2, 0.25) is 0 Å². The van der Waals surface area contributed by atoms with Gasteiger partial charge in [0.25, 0.3) is 0 Å². The van der Waals surface area contributed by atoms with Crippen LogP contribution >= 0.6 is 7.60 Å². The van der Waals surface area contributed by atoms with Crippen LogP contribution in [0.3, 0.4) is 0 Å². The third kappa shape index (κ3) is 2.57. The molecule has 17 heavy (non-hydrogen) atoms. The summed E-state index contributed by atoms with van der Waals surface area (Å²) in [5.41, 5.74) is -1.05. The minimum absolute atomic E-state index is 0.227. The highest BCUT2D eigenvalue weighted by Crippen LogP contribution is 2.62. The lowest BCUT2D eigenvalue weighted by atomic mass is 10.1. The average Bonchev–Trinajstić information content (AvgIpc) is 2.88. The third-order valence-corrected chi connectivity index (χ3v) is 4.53. The van der Waals surface area contributed by atoms with Gasteiger partial charge in [-0.2, -0.15) is 10.5 Å². The first-order chi connectivity index (χ1) is 8.12. The molecule has 7 heteroatoms. The van der Waals surface area contributed by atoms with E-state index in [-0.39, 0.29) is 5.76 Å². The van der Waals surface area contributed by atoms with Crippen LogP contribution in [0.1, 0.15) is 11.4 Å². The van der Waals surface area contributed by atoms with E-state index in [0.29, 0.717) is 0 Å². The van der Waals surface area contributed by atoms with Crippen LogP contribution in [0.2, 0.25) is 0 Å². The van der Waals surface area contributed by atoms with Gasteiger partial charge in [-0.25, -0.2) is 0 Å². The standard InChI is InChI=1S/C10H11N2O4P/c1-14-17(13,15-2)10(8(6-11)7-12)9-4-3-5-16-9/h3-5,8,10H,1-2H3. The van der Waals surface area contributed by atoms with Gasteiger partial charge < -0.3 is 13.5 Å². The summed E-state index contributed by atoms with van der Waals surface area (Å²) >= 11 is 0. The summed E-state index contributed by atoms with van der Waals surface area (Å²) in [6, 6.07) is 6.62. The zero-order valence-corrected chi connectivity index (χ0v) is 10.3. The van der Waals surface area contributed by atoms with Crippen LogP contribution in [0.25, 0.3) is 0 Å². The van der Waals surface area contributed by atoms with E-state index in [1.165, 1.54) is 26.5 Å². The predicted octanol–water partition coefficient (Wildman–Crippen LogP) is 2.47. The zero-order valence-electron chi connectivity index (χ0n) is 9.36. The fourth-order valence-corrected chi connectivity index (χ4v) is 2.99. The SMILES string of the molecule is COP(=O)(OC)C(c1ccco1)C(C#N)C#N. The molecule has 0 amide bonds.